The van der Waals surface area contributed by atoms with Crippen molar-refractivity contribution in [1.82, 2.24) is 9.88 Å². The molecule has 1 aromatic rings. The van der Waals surface area contributed by atoms with E-state index in [9.17, 15) is 0 Å². The molecule has 5 nitrogen and oxygen atoms in total. The molecule has 2 rings (SSSR count). The number of methoxy groups -OCH3 is 2. The summed E-state index contributed by atoms with van der Waals surface area (Å²) in [6.07, 6.45) is 1.89. The molecule has 0 spiro atoms. The third-order valence-corrected chi connectivity index (χ3v) is 3.31. The number of hydrogen-bond acceptors (Lipinski definition) is 5. The van der Waals surface area contributed by atoms with Crippen LogP contribution in [0.2, 0.25) is 0 Å². The molecule has 1 aliphatic heterocycles. The molecule has 1 aliphatic rings. The topological polar surface area (TPSA) is 43.8 Å². The molecule has 0 radical (unpaired) electrons. The van der Waals surface area contributed by atoms with Gasteiger partial charge in [-0.05, 0) is 19.9 Å². The zero-order valence-electron chi connectivity index (χ0n) is 12.8. The molecule has 1 fully saturated rings. The van der Waals surface area contributed by atoms with Crippen molar-refractivity contribution in [3.63, 3.8) is 0 Å². The van der Waals surface area contributed by atoms with Gasteiger partial charge in [0.05, 0.1) is 31.1 Å². The van der Waals surface area contributed by atoms with Crippen LogP contribution in [-0.2, 0) is 16.0 Å². The zero-order valence-corrected chi connectivity index (χ0v) is 12.8. The molecule has 0 bridgehead atoms. The lowest BCUT2D eigenvalue weighted by Gasteiger charge is -2.42. The summed E-state index contributed by atoms with van der Waals surface area (Å²) in [6.45, 7) is 7.37. The molecule has 112 valence electrons. The quantitative estimate of drug-likeness (QED) is 0.821. The smallest absolute Gasteiger partial charge is 0.122 e. The Bertz CT molecular complexity index is 437. The maximum Gasteiger partial charge on any atom is 0.122 e. The maximum absolute atomic E-state index is 6.02. The summed E-state index contributed by atoms with van der Waals surface area (Å²) in [6, 6.07) is 3.84. The average Bonchev–Trinajstić information content (AvgIpc) is 2.37. The van der Waals surface area contributed by atoms with Gasteiger partial charge in [-0.1, -0.05) is 0 Å². The van der Waals surface area contributed by atoms with Crippen LogP contribution in [0.3, 0.4) is 0 Å². The van der Waals surface area contributed by atoms with Crippen LogP contribution < -0.4 is 4.74 Å². The van der Waals surface area contributed by atoms with Gasteiger partial charge in [0.2, 0.25) is 0 Å². The fraction of sp³-hybridized carbons (Fsp3) is 0.667. The Morgan fingerprint density at radius 3 is 2.95 bits per heavy atom. The highest BCUT2D eigenvalue weighted by Crippen LogP contribution is 2.23. The third-order valence-electron chi connectivity index (χ3n) is 3.31. The molecule has 20 heavy (non-hydrogen) atoms. The molecule has 1 saturated heterocycles. The highest BCUT2D eigenvalue weighted by atomic mass is 16.5. The van der Waals surface area contributed by atoms with Crippen LogP contribution in [0.1, 0.15) is 19.5 Å². The van der Waals surface area contributed by atoms with Crippen molar-refractivity contribution in [2.45, 2.75) is 32.1 Å². The Kier molecular flexibility index (Phi) is 4.96. The highest BCUT2D eigenvalue weighted by Gasteiger charge is 2.33. The van der Waals surface area contributed by atoms with Crippen LogP contribution in [0.4, 0.5) is 0 Å². The fourth-order valence-electron chi connectivity index (χ4n) is 2.71. The van der Waals surface area contributed by atoms with E-state index < -0.39 is 0 Å². The van der Waals surface area contributed by atoms with E-state index in [1.807, 2.05) is 12.1 Å². The molecular weight excluding hydrogens is 256 g/mol. The second-order valence-electron chi connectivity index (χ2n) is 5.81. The fourth-order valence-corrected chi connectivity index (χ4v) is 2.71. The predicted molar refractivity (Wildman–Crippen MR) is 76.9 cm³/mol. The van der Waals surface area contributed by atoms with Crippen LogP contribution >= 0.6 is 0 Å². The Hall–Kier alpha value is -1.17. The van der Waals surface area contributed by atoms with Gasteiger partial charge in [-0.15, -0.1) is 0 Å². The second kappa shape index (κ2) is 6.52. The lowest BCUT2D eigenvalue weighted by Crippen LogP contribution is -2.53. The van der Waals surface area contributed by atoms with Crippen molar-refractivity contribution in [3.05, 3.63) is 24.0 Å². The summed E-state index contributed by atoms with van der Waals surface area (Å²) in [5.74, 6) is 0.843. The first kappa shape index (κ1) is 15.2. The summed E-state index contributed by atoms with van der Waals surface area (Å²) in [7, 11) is 3.38. The number of aromatic nitrogens is 1. The second-order valence-corrected chi connectivity index (χ2v) is 5.81. The van der Waals surface area contributed by atoms with E-state index in [2.05, 4.69) is 23.7 Å². The van der Waals surface area contributed by atoms with Crippen molar-refractivity contribution < 1.29 is 14.2 Å². The number of pyridine rings is 1. The van der Waals surface area contributed by atoms with Gasteiger partial charge >= 0.3 is 0 Å². The third kappa shape index (κ3) is 4.16. The van der Waals surface area contributed by atoms with Crippen LogP contribution in [-0.4, -0.2) is 55.5 Å². The van der Waals surface area contributed by atoms with Crippen molar-refractivity contribution in [2.24, 2.45) is 0 Å². The van der Waals surface area contributed by atoms with E-state index in [0.29, 0.717) is 6.61 Å². The van der Waals surface area contributed by atoms with Gasteiger partial charge in [0.25, 0.3) is 0 Å². The minimum Gasteiger partial charge on any atom is -0.497 e. The number of hydrogen-bond donors (Lipinski definition) is 0. The van der Waals surface area contributed by atoms with Gasteiger partial charge in [-0.25, -0.2) is 0 Å². The molecule has 0 aromatic carbocycles. The van der Waals surface area contributed by atoms with Crippen molar-refractivity contribution in [1.29, 1.82) is 0 Å². The average molecular weight is 280 g/mol. The molecule has 1 unspecified atom stereocenters. The molecule has 0 saturated carbocycles. The van der Waals surface area contributed by atoms with E-state index in [4.69, 9.17) is 14.2 Å². The Balaban J connectivity index is 2.03. The Morgan fingerprint density at radius 2 is 2.25 bits per heavy atom. The minimum absolute atomic E-state index is 0.106. The molecule has 0 aliphatic carbocycles. The summed E-state index contributed by atoms with van der Waals surface area (Å²) in [5, 5.41) is 0. The number of ether oxygens (including phenoxy) is 3. The number of nitrogens with zero attached hydrogens (tertiary/aromatic N) is 2. The van der Waals surface area contributed by atoms with Crippen molar-refractivity contribution >= 4 is 0 Å². The largest absolute Gasteiger partial charge is 0.497 e. The lowest BCUT2D eigenvalue weighted by atomic mass is 10.0. The predicted octanol–water partition coefficient (Wildman–Crippen LogP) is 1.72. The van der Waals surface area contributed by atoms with E-state index in [1.54, 1.807) is 20.4 Å². The van der Waals surface area contributed by atoms with Gasteiger partial charge in [0, 0.05) is 39.0 Å². The van der Waals surface area contributed by atoms with E-state index in [-0.39, 0.29) is 11.7 Å². The SMILES string of the molecule is COCC1CN(Cc2cc(OC)ccn2)CC(C)(C)O1. The molecule has 1 aromatic heterocycles. The molecule has 5 heteroatoms. The van der Waals surface area contributed by atoms with Crippen molar-refractivity contribution in [3.8, 4) is 5.75 Å². The van der Waals surface area contributed by atoms with Crippen LogP contribution in [0.5, 0.6) is 5.75 Å². The molecule has 0 amide bonds. The highest BCUT2D eigenvalue weighted by molar-refractivity contribution is 5.22. The standard InChI is InChI=1S/C15H24N2O3/c1-15(2)11-17(9-14(20-15)10-18-3)8-12-7-13(19-4)5-6-16-12/h5-7,14H,8-11H2,1-4H3. The first-order valence-corrected chi connectivity index (χ1v) is 6.90. The molecule has 1 atom stereocenters. The van der Waals surface area contributed by atoms with E-state index >= 15 is 0 Å². The Labute approximate surface area is 120 Å². The summed E-state index contributed by atoms with van der Waals surface area (Å²) < 4.78 is 16.5. The molecule has 0 N–H and O–H groups in total. The lowest BCUT2D eigenvalue weighted by molar-refractivity contribution is -0.154. The summed E-state index contributed by atoms with van der Waals surface area (Å²) >= 11 is 0. The maximum atomic E-state index is 6.02. The molecule has 2 heterocycles. The molecular formula is C15H24N2O3. The van der Waals surface area contributed by atoms with Gasteiger partial charge in [-0.3, -0.25) is 9.88 Å². The number of rotatable bonds is 5. The summed E-state index contributed by atoms with van der Waals surface area (Å²) in [5.41, 5.74) is 0.846. The van der Waals surface area contributed by atoms with Crippen LogP contribution in [0.25, 0.3) is 0 Å². The van der Waals surface area contributed by atoms with Gasteiger partial charge in [0.15, 0.2) is 0 Å². The van der Waals surface area contributed by atoms with Gasteiger partial charge < -0.3 is 14.2 Å². The van der Waals surface area contributed by atoms with Gasteiger partial charge in [-0.2, -0.15) is 0 Å². The van der Waals surface area contributed by atoms with Crippen LogP contribution in [0, 0.1) is 0 Å². The summed E-state index contributed by atoms with van der Waals surface area (Å²) in [4.78, 5) is 6.76. The zero-order chi connectivity index (χ0) is 14.6. The first-order valence-electron chi connectivity index (χ1n) is 6.90. The van der Waals surface area contributed by atoms with Gasteiger partial charge in [0.1, 0.15) is 5.75 Å². The van der Waals surface area contributed by atoms with E-state index in [0.717, 1.165) is 31.1 Å². The Morgan fingerprint density at radius 1 is 1.45 bits per heavy atom. The van der Waals surface area contributed by atoms with Crippen molar-refractivity contribution in [2.75, 3.05) is 33.9 Å². The van der Waals surface area contributed by atoms with Crippen LogP contribution in [0.15, 0.2) is 18.3 Å². The first-order chi connectivity index (χ1) is 9.52. The normalized spacial score (nSPS) is 22.7. The van der Waals surface area contributed by atoms with E-state index in [1.165, 1.54) is 0 Å². The monoisotopic (exact) mass is 280 g/mol. The number of morpholine rings is 1. The minimum atomic E-state index is -0.166.